The Balaban J connectivity index is 1.59. The first kappa shape index (κ1) is 22.3. The Bertz CT molecular complexity index is 1020. The third-order valence-corrected chi connectivity index (χ3v) is 6.30. The van der Waals surface area contributed by atoms with Crippen LogP contribution in [0, 0.1) is 0 Å². The van der Waals surface area contributed by atoms with Gasteiger partial charge < -0.3 is 19.5 Å². The highest BCUT2D eigenvalue weighted by Crippen LogP contribution is 2.43. The minimum absolute atomic E-state index is 0.346. The topological polar surface area (TPSA) is 82.5 Å². The van der Waals surface area contributed by atoms with Gasteiger partial charge in [-0.05, 0) is 31.3 Å². The second-order valence-corrected chi connectivity index (χ2v) is 8.34. The number of para-hydroxylation sites is 1. The molecule has 1 N–H and O–H groups in total. The van der Waals surface area contributed by atoms with Crippen molar-refractivity contribution >= 4 is 17.4 Å². The first-order valence-corrected chi connectivity index (χ1v) is 10.7. The van der Waals surface area contributed by atoms with Crippen LogP contribution in [0.2, 0.25) is 0 Å². The molecule has 1 atom stereocenters. The maximum atomic E-state index is 13.5. The summed E-state index contributed by atoms with van der Waals surface area (Å²) >= 11 is 0. The predicted molar refractivity (Wildman–Crippen MR) is 120 cm³/mol. The molecule has 8 heteroatoms. The number of ether oxygens (including phenoxy) is 2. The summed E-state index contributed by atoms with van der Waals surface area (Å²) in [4.78, 5) is 32.6. The van der Waals surface area contributed by atoms with E-state index in [1.807, 2.05) is 12.1 Å². The lowest BCUT2D eigenvalue weighted by Crippen LogP contribution is -2.51. The Labute approximate surface area is 187 Å². The van der Waals surface area contributed by atoms with Crippen molar-refractivity contribution in [2.45, 2.75) is 12.0 Å². The Kier molecular flexibility index (Phi) is 6.19. The van der Waals surface area contributed by atoms with E-state index in [0.29, 0.717) is 35.0 Å². The lowest BCUT2D eigenvalue weighted by Gasteiger charge is -2.35. The van der Waals surface area contributed by atoms with Crippen LogP contribution in [0.1, 0.15) is 22.3 Å². The zero-order valence-electron chi connectivity index (χ0n) is 18.7. The van der Waals surface area contributed by atoms with Gasteiger partial charge >= 0.3 is 0 Å². The standard InChI is InChI=1S/C24H29N3O5/c1-25-10-12-26(13-11-25)16-27-19-7-5-4-6-18(19)24(30,23(27)29)15-20(28)17-8-9-21(31-2)22(14-17)32-3/h4-9,14,30H,10-13,15-16H2,1-3H3. The molecule has 2 aliphatic heterocycles. The third-order valence-electron chi connectivity index (χ3n) is 6.30. The van der Waals surface area contributed by atoms with E-state index in [2.05, 4.69) is 16.8 Å². The van der Waals surface area contributed by atoms with Gasteiger partial charge in [-0.1, -0.05) is 18.2 Å². The quantitative estimate of drug-likeness (QED) is 0.658. The number of carbonyl (C=O) groups excluding carboxylic acids is 2. The third kappa shape index (κ3) is 3.97. The number of fused-ring (bicyclic) bond motifs is 1. The van der Waals surface area contributed by atoms with Gasteiger partial charge in [-0.3, -0.25) is 19.4 Å². The summed E-state index contributed by atoms with van der Waals surface area (Å²) in [5, 5.41) is 11.5. The van der Waals surface area contributed by atoms with Gasteiger partial charge in [-0.25, -0.2) is 0 Å². The number of methoxy groups -OCH3 is 2. The zero-order chi connectivity index (χ0) is 22.9. The summed E-state index contributed by atoms with van der Waals surface area (Å²) in [5.41, 5.74) is -0.446. The number of hydrogen-bond donors (Lipinski definition) is 1. The molecule has 1 saturated heterocycles. The molecule has 8 nitrogen and oxygen atoms in total. The monoisotopic (exact) mass is 439 g/mol. The molecule has 0 saturated carbocycles. The molecule has 0 aromatic heterocycles. The normalized spacial score (nSPS) is 21.5. The number of aliphatic hydroxyl groups is 1. The van der Waals surface area contributed by atoms with Crippen LogP contribution in [0.3, 0.4) is 0 Å². The largest absolute Gasteiger partial charge is 0.493 e. The summed E-state index contributed by atoms with van der Waals surface area (Å²) < 4.78 is 10.5. The molecule has 32 heavy (non-hydrogen) atoms. The van der Waals surface area contributed by atoms with E-state index >= 15 is 0 Å². The zero-order valence-corrected chi connectivity index (χ0v) is 18.7. The number of carbonyl (C=O) groups is 2. The Hall–Kier alpha value is -2.94. The van der Waals surface area contributed by atoms with Gasteiger partial charge in [0.1, 0.15) is 0 Å². The second-order valence-electron chi connectivity index (χ2n) is 8.34. The number of amides is 1. The minimum Gasteiger partial charge on any atom is -0.493 e. The van der Waals surface area contributed by atoms with Crippen molar-refractivity contribution in [2.24, 2.45) is 0 Å². The molecular formula is C24H29N3O5. The van der Waals surface area contributed by atoms with Gasteiger partial charge in [-0.15, -0.1) is 0 Å². The smallest absolute Gasteiger partial charge is 0.265 e. The van der Waals surface area contributed by atoms with Crippen LogP contribution in [-0.4, -0.2) is 80.7 Å². The fourth-order valence-corrected chi connectivity index (χ4v) is 4.35. The summed E-state index contributed by atoms with van der Waals surface area (Å²) in [6.45, 7) is 3.91. The lowest BCUT2D eigenvalue weighted by molar-refractivity contribution is -0.136. The van der Waals surface area contributed by atoms with E-state index in [-0.39, 0.29) is 12.2 Å². The molecule has 2 aromatic rings. The number of Topliss-reactive ketones (excluding diaryl/α,β-unsaturated/α-hetero) is 1. The van der Waals surface area contributed by atoms with Crippen molar-refractivity contribution in [1.29, 1.82) is 0 Å². The summed E-state index contributed by atoms with van der Waals surface area (Å²) in [6, 6.07) is 12.0. The molecule has 0 bridgehead atoms. The number of likely N-dealkylation sites (N-methyl/N-ethyl adjacent to an activating group) is 1. The van der Waals surface area contributed by atoms with E-state index in [0.717, 1.165) is 26.2 Å². The average molecular weight is 440 g/mol. The predicted octanol–water partition coefficient (Wildman–Crippen LogP) is 1.72. The number of nitrogens with zero attached hydrogens (tertiary/aromatic N) is 3. The Morgan fingerprint density at radius 3 is 2.41 bits per heavy atom. The maximum absolute atomic E-state index is 13.5. The van der Waals surface area contributed by atoms with E-state index in [4.69, 9.17) is 9.47 Å². The van der Waals surface area contributed by atoms with Gasteiger partial charge in [0, 0.05) is 37.3 Å². The fourth-order valence-electron chi connectivity index (χ4n) is 4.35. The van der Waals surface area contributed by atoms with Crippen LogP contribution in [0.25, 0.3) is 0 Å². The average Bonchev–Trinajstić information content (AvgIpc) is 3.01. The lowest BCUT2D eigenvalue weighted by atomic mass is 9.88. The van der Waals surface area contributed by atoms with Crippen molar-refractivity contribution in [2.75, 3.05) is 59.0 Å². The van der Waals surface area contributed by atoms with E-state index < -0.39 is 11.5 Å². The number of rotatable bonds is 7. The van der Waals surface area contributed by atoms with E-state index in [1.54, 1.807) is 35.2 Å². The van der Waals surface area contributed by atoms with Gasteiger partial charge in [0.15, 0.2) is 22.9 Å². The van der Waals surface area contributed by atoms with Crippen LogP contribution in [0.5, 0.6) is 11.5 Å². The highest BCUT2D eigenvalue weighted by atomic mass is 16.5. The first-order valence-electron chi connectivity index (χ1n) is 10.7. The van der Waals surface area contributed by atoms with Crippen LogP contribution < -0.4 is 14.4 Å². The number of benzene rings is 2. The summed E-state index contributed by atoms with van der Waals surface area (Å²) in [5.74, 6) is 0.105. The summed E-state index contributed by atoms with van der Waals surface area (Å²) in [6.07, 6.45) is -0.350. The first-order chi connectivity index (χ1) is 15.4. The molecule has 1 fully saturated rings. The molecule has 2 aromatic carbocycles. The highest BCUT2D eigenvalue weighted by molar-refractivity contribution is 6.10. The molecule has 2 heterocycles. The molecule has 0 radical (unpaired) electrons. The number of anilines is 1. The van der Waals surface area contributed by atoms with Crippen molar-refractivity contribution in [3.8, 4) is 11.5 Å². The molecule has 2 aliphatic rings. The molecule has 170 valence electrons. The van der Waals surface area contributed by atoms with Gasteiger partial charge in [0.25, 0.3) is 5.91 Å². The van der Waals surface area contributed by atoms with Crippen LogP contribution in [0.4, 0.5) is 5.69 Å². The molecule has 1 amide bonds. The molecule has 4 rings (SSSR count). The molecule has 1 unspecified atom stereocenters. The SMILES string of the molecule is COc1ccc(C(=O)CC2(O)C(=O)N(CN3CCN(C)CC3)c3ccccc32)cc1OC. The van der Waals surface area contributed by atoms with Crippen LogP contribution in [-0.2, 0) is 10.4 Å². The van der Waals surface area contributed by atoms with Gasteiger partial charge in [0.2, 0.25) is 0 Å². The molecular weight excluding hydrogens is 410 g/mol. The van der Waals surface area contributed by atoms with E-state index in [9.17, 15) is 14.7 Å². The molecule has 0 spiro atoms. The highest BCUT2D eigenvalue weighted by Gasteiger charge is 2.51. The fraction of sp³-hybridized carbons (Fsp3) is 0.417. The van der Waals surface area contributed by atoms with Gasteiger partial charge in [-0.2, -0.15) is 0 Å². The number of piperazine rings is 1. The van der Waals surface area contributed by atoms with Crippen molar-refractivity contribution in [1.82, 2.24) is 9.80 Å². The van der Waals surface area contributed by atoms with E-state index in [1.165, 1.54) is 14.2 Å². The maximum Gasteiger partial charge on any atom is 0.265 e. The second kappa shape index (κ2) is 8.90. The van der Waals surface area contributed by atoms with Crippen molar-refractivity contribution in [3.63, 3.8) is 0 Å². The molecule has 0 aliphatic carbocycles. The number of hydrogen-bond acceptors (Lipinski definition) is 7. The number of ketones is 1. The van der Waals surface area contributed by atoms with Crippen LogP contribution in [0.15, 0.2) is 42.5 Å². The Morgan fingerprint density at radius 2 is 1.72 bits per heavy atom. The van der Waals surface area contributed by atoms with Gasteiger partial charge in [0.05, 0.1) is 33.0 Å². The summed E-state index contributed by atoms with van der Waals surface area (Å²) in [7, 11) is 5.09. The Morgan fingerprint density at radius 1 is 1.03 bits per heavy atom. The van der Waals surface area contributed by atoms with Crippen LogP contribution >= 0.6 is 0 Å². The van der Waals surface area contributed by atoms with Crippen molar-refractivity contribution in [3.05, 3.63) is 53.6 Å². The van der Waals surface area contributed by atoms with Crippen molar-refractivity contribution < 1.29 is 24.2 Å². The minimum atomic E-state index is -1.91.